The van der Waals surface area contributed by atoms with E-state index in [4.69, 9.17) is 0 Å². The largest absolute Gasteiger partial charge is 0.306 e. The molecule has 0 unspecified atom stereocenters. The van der Waals surface area contributed by atoms with Crippen LogP contribution in [0.3, 0.4) is 0 Å². The van der Waals surface area contributed by atoms with Crippen molar-refractivity contribution >= 4 is 0 Å². The molecule has 0 aromatic carbocycles. The van der Waals surface area contributed by atoms with Crippen molar-refractivity contribution in [1.82, 2.24) is 4.90 Å². The maximum atomic E-state index is 2.47. The molecular formula is C11H23N. The van der Waals surface area contributed by atoms with Crippen molar-refractivity contribution < 1.29 is 0 Å². The predicted octanol–water partition coefficient (Wildman–Crippen LogP) is 2.76. The van der Waals surface area contributed by atoms with E-state index in [-0.39, 0.29) is 0 Å². The van der Waals surface area contributed by atoms with Crippen LogP contribution in [0.25, 0.3) is 0 Å². The fraction of sp³-hybridized carbons (Fsp3) is 1.00. The van der Waals surface area contributed by atoms with Crippen LogP contribution in [0.1, 0.15) is 39.5 Å². The Morgan fingerprint density at radius 3 is 2.00 bits per heavy atom. The van der Waals surface area contributed by atoms with E-state index in [0.717, 1.165) is 11.8 Å². The molecule has 0 aliphatic carbocycles. The van der Waals surface area contributed by atoms with Crippen LogP contribution in [0.5, 0.6) is 0 Å². The van der Waals surface area contributed by atoms with E-state index in [0.29, 0.717) is 0 Å². The smallest absolute Gasteiger partial charge is 0.00217 e. The molecule has 1 aliphatic heterocycles. The lowest BCUT2D eigenvalue weighted by atomic mass is 9.86. The second-order valence-corrected chi connectivity index (χ2v) is 4.59. The maximum Gasteiger partial charge on any atom is -0.00217 e. The summed E-state index contributed by atoms with van der Waals surface area (Å²) in [6.45, 7) is 7.36. The van der Waals surface area contributed by atoms with Crippen LogP contribution >= 0.6 is 0 Å². The van der Waals surface area contributed by atoms with Gasteiger partial charge >= 0.3 is 0 Å². The molecule has 1 fully saturated rings. The van der Waals surface area contributed by atoms with Gasteiger partial charge in [0.15, 0.2) is 0 Å². The molecule has 72 valence electrons. The molecule has 1 saturated heterocycles. The summed E-state index contributed by atoms with van der Waals surface area (Å²) in [5.74, 6) is 1.90. The van der Waals surface area contributed by atoms with Gasteiger partial charge in [-0.3, -0.25) is 0 Å². The van der Waals surface area contributed by atoms with Crippen LogP contribution < -0.4 is 0 Å². The summed E-state index contributed by atoms with van der Waals surface area (Å²) < 4.78 is 0. The molecule has 1 heterocycles. The molecule has 0 aromatic heterocycles. The Morgan fingerprint density at radius 1 is 1.08 bits per heavy atom. The average molecular weight is 169 g/mol. The Balaban J connectivity index is 2.30. The van der Waals surface area contributed by atoms with Gasteiger partial charge in [-0.25, -0.2) is 0 Å². The topological polar surface area (TPSA) is 3.24 Å². The molecule has 0 spiro atoms. The second-order valence-electron chi connectivity index (χ2n) is 4.59. The van der Waals surface area contributed by atoms with Gasteiger partial charge in [0.1, 0.15) is 0 Å². The lowest BCUT2D eigenvalue weighted by molar-refractivity contribution is 0.232. The van der Waals surface area contributed by atoms with E-state index >= 15 is 0 Å². The molecule has 0 saturated carbocycles. The van der Waals surface area contributed by atoms with E-state index in [1.54, 1.807) is 0 Å². The van der Waals surface area contributed by atoms with Crippen molar-refractivity contribution in [2.45, 2.75) is 39.5 Å². The van der Waals surface area contributed by atoms with Gasteiger partial charge < -0.3 is 4.90 Å². The van der Waals surface area contributed by atoms with Crippen molar-refractivity contribution in [3.05, 3.63) is 0 Å². The van der Waals surface area contributed by atoms with Crippen LogP contribution in [0.2, 0.25) is 0 Å². The van der Waals surface area contributed by atoms with E-state index in [2.05, 4.69) is 25.8 Å². The third-order valence-corrected chi connectivity index (χ3v) is 3.17. The van der Waals surface area contributed by atoms with Crippen LogP contribution in [-0.4, -0.2) is 25.0 Å². The summed E-state index contributed by atoms with van der Waals surface area (Å²) in [5, 5.41) is 0. The fourth-order valence-electron chi connectivity index (χ4n) is 2.17. The van der Waals surface area contributed by atoms with Gasteiger partial charge in [-0.15, -0.1) is 0 Å². The normalized spacial score (nSPS) is 24.0. The predicted molar refractivity (Wildman–Crippen MR) is 54.3 cm³/mol. The summed E-state index contributed by atoms with van der Waals surface area (Å²) in [7, 11) is 2.25. The van der Waals surface area contributed by atoms with Gasteiger partial charge in [-0.1, -0.05) is 13.8 Å². The highest BCUT2D eigenvalue weighted by Crippen LogP contribution is 2.24. The first kappa shape index (κ1) is 10.0. The first-order chi connectivity index (χ1) is 5.70. The molecule has 1 rings (SSSR count). The van der Waals surface area contributed by atoms with Gasteiger partial charge in [0, 0.05) is 0 Å². The van der Waals surface area contributed by atoms with Crippen LogP contribution in [0, 0.1) is 11.8 Å². The number of hydrogen-bond donors (Lipinski definition) is 0. The minimum atomic E-state index is 0.897. The SMILES string of the molecule is CC(C)C1CCCN(C)CCC1. The van der Waals surface area contributed by atoms with Gasteiger partial charge in [0.05, 0.1) is 0 Å². The Morgan fingerprint density at radius 2 is 1.58 bits per heavy atom. The molecule has 0 N–H and O–H groups in total. The number of likely N-dealkylation sites (tertiary alicyclic amines) is 1. The maximum absolute atomic E-state index is 2.47. The molecule has 1 aliphatic rings. The lowest BCUT2D eigenvalue weighted by Gasteiger charge is -2.27. The van der Waals surface area contributed by atoms with Crippen molar-refractivity contribution in [3.63, 3.8) is 0 Å². The molecular weight excluding hydrogens is 146 g/mol. The van der Waals surface area contributed by atoms with Crippen molar-refractivity contribution in [2.24, 2.45) is 11.8 Å². The Labute approximate surface area is 77.1 Å². The Hall–Kier alpha value is -0.0400. The van der Waals surface area contributed by atoms with Gasteiger partial charge in [-0.05, 0) is 57.7 Å². The first-order valence-electron chi connectivity index (χ1n) is 5.38. The first-order valence-corrected chi connectivity index (χ1v) is 5.38. The zero-order valence-corrected chi connectivity index (χ0v) is 8.84. The van der Waals surface area contributed by atoms with Crippen LogP contribution in [0.15, 0.2) is 0 Å². The van der Waals surface area contributed by atoms with Gasteiger partial charge in [0.25, 0.3) is 0 Å². The van der Waals surface area contributed by atoms with Crippen molar-refractivity contribution in [3.8, 4) is 0 Å². The molecule has 0 atom stereocenters. The highest BCUT2D eigenvalue weighted by atomic mass is 15.1. The second kappa shape index (κ2) is 4.86. The summed E-state index contributed by atoms with van der Waals surface area (Å²) in [5.41, 5.74) is 0. The van der Waals surface area contributed by atoms with Crippen molar-refractivity contribution in [1.29, 1.82) is 0 Å². The molecule has 1 heteroatoms. The summed E-state index contributed by atoms with van der Waals surface area (Å²) in [6.07, 6.45) is 5.70. The Bertz CT molecular complexity index is 110. The minimum absolute atomic E-state index is 0.897. The summed E-state index contributed by atoms with van der Waals surface area (Å²) in [6, 6.07) is 0. The van der Waals surface area contributed by atoms with E-state index in [9.17, 15) is 0 Å². The van der Waals surface area contributed by atoms with E-state index < -0.39 is 0 Å². The third kappa shape index (κ3) is 3.14. The molecule has 1 nitrogen and oxygen atoms in total. The summed E-state index contributed by atoms with van der Waals surface area (Å²) >= 11 is 0. The standard InChI is InChI=1S/C11H23N/c1-10(2)11-6-4-8-12(3)9-5-7-11/h10-11H,4-9H2,1-3H3. The van der Waals surface area contributed by atoms with E-state index in [1.807, 2.05) is 0 Å². The number of rotatable bonds is 1. The fourth-order valence-corrected chi connectivity index (χ4v) is 2.17. The van der Waals surface area contributed by atoms with Crippen molar-refractivity contribution in [2.75, 3.05) is 20.1 Å². The molecule has 0 aromatic rings. The quantitative estimate of drug-likeness (QED) is 0.583. The molecule has 12 heavy (non-hydrogen) atoms. The van der Waals surface area contributed by atoms with Crippen LogP contribution in [-0.2, 0) is 0 Å². The highest BCUT2D eigenvalue weighted by Gasteiger charge is 2.15. The number of nitrogens with zero attached hydrogens (tertiary/aromatic N) is 1. The van der Waals surface area contributed by atoms with E-state index in [1.165, 1.54) is 38.8 Å². The zero-order chi connectivity index (χ0) is 8.97. The van der Waals surface area contributed by atoms with Crippen LogP contribution in [0.4, 0.5) is 0 Å². The highest BCUT2D eigenvalue weighted by molar-refractivity contribution is 4.68. The minimum Gasteiger partial charge on any atom is -0.306 e. The molecule has 0 bridgehead atoms. The lowest BCUT2D eigenvalue weighted by Crippen LogP contribution is -2.25. The zero-order valence-electron chi connectivity index (χ0n) is 8.84. The monoisotopic (exact) mass is 169 g/mol. The summed E-state index contributed by atoms with van der Waals surface area (Å²) in [4.78, 5) is 2.47. The van der Waals surface area contributed by atoms with Gasteiger partial charge in [0.2, 0.25) is 0 Å². The molecule has 0 amide bonds. The number of hydrogen-bond acceptors (Lipinski definition) is 1. The van der Waals surface area contributed by atoms with Gasteiger partial charge in [-0.2, -0.15) is 0 Å². The Kier molecular flexibility index (Phi) is 4.07. The average Bonchev–Trinajstić information content (AvgIpc) is 1.95. The third-order valence-electron chi connectivity index (χ3n) is 3.17. The molecule has 0 radical (unpaired) electrons.